The number of hydrogen-bond donors (Lipinski definition) is 2. The first-order chi connectivity index (χ1) is 10.2. The molecule has 21 heavy (non-hydrogen) atoms. The number of carbonyl (C=O) groups is 1. The third kappa shape index (κ3) is 2.30. The number of aryl methyl sites for hydroxylation is 1. The maximum Gasteiger partial charge on any atom is 0.328 e. The lowest BCUT2D eigenvalue weighted by molar-refractivity contribution is -0.152. The summed E-state index contributed by atoms with van der Waals surface area (Å²) in [5, 5.41) is 13.4. The van der Waals surface area contributed by atoms with Crippen molar-refractivity contribution in [1.82, 2.24) is 10.2 Å². The monoisotopic (exact) mass is 290 g/mol. The molecule has 1 fully saturated rings. The van der Waals surface area contributed by atoms with E-state index in [4.69, 9.17) is 4.74 Å². The first-order valence-corrected chi connectivity index (χ1v) is 7.55. The van der Waals surface area contributed by atoms with Gasteiger partial charge in [-0.2, -0.15) is 0 Å². The second kappa shape index (κ2) is 5.66. The van der Waals surface area contributed by atoms with Crippen molar-refractivity contribution in [3.8, 4) is 5.75 Å². The van der Waals surface area contributed by atoms with E-state index in [2.05, 4.69) is 10.2 Å². The highest BCUT2D eigenvalue weighted by Crippen LogP contribution is 2.43. The number of rotatable bonds is 3. The van der Waals surface area contributed by atoms with E-state index < -0.39 is 11.5 Å². The van der Waals surface area contributed by atoms with Crippen LogP contribution in [0.5, 0.6) is 5.75 Å². The minimum absolute atomic E-state index is 0.644. The first-order valence-electron chi connectivity index (χ1n) is 7.55. The molecule has 1 atom stereocenters. The van der Waals surface area contributed by atoms with Crippen molar-refractivity contribution >= 4 is 5.97 Å². The molecule has 0 radical (unpaired) electrons. The molecule has 0 spiro atoms. The maximum atomic E-state index is 12.2. The third-order valence-corrected chi connectivity index (χ3v) is 4.75. The highest BCUT2D eigenvalue weighted by atomic mass is 16.5. The number of methoxy groups -OCH3 is 1. The Labute approximate surface area is 124 Å². The van der Waals surface area contributed by atoms with Gasteiger partial charge in [0.1, 0.15) is 11.3 Å². The molecule has 1 aromatic carbocycles. The van der Waals surface area contributed by atoms with Gasteiger partial charge in [-0.1, -0.05) is 6.07 Å². The molecule has 0 aromatic heterocycles. The van der Waals surface area contributed by atoms with Crippen LogP contribution in [0.2, 0.25) is 0 Å². The van der Waals surface area contributed by atoms with E-state index in [0.29, 0.717) is 6.42 Å². The molecular weight excluding hydrogens is 268 g/mol. The van der Waals surface area contributed by atoms with Crippen LogP contribution in [-0.2, 0) is 16.8 Å². The van der Waals surface area contributed by atoms with Crippen LogP contribution in [0.25, 0.3) is 0 Å². The Balaban J connectivity index is 2.06. The minimum atomic E-state index is -0.893. The van der Waals surface area contributed by atoms with Gasteiger partial charge in [0.05, 0.1) is 7.11 Å². The average Bonchev–Trinajstić information content (AvgIpc) is 2.68. The van der Waals surface area contributed by atoms with Gasteiger partial charge >= 0.3 is 5.97 Å². The second-order valence-corrected chi connectivity index (χ2v) is 5.78. The van der Waals surface area contributed by atoms with E-state index in [1.54, 1.807) is 7.11 Å². The van der Waals surface area contributed by atoms with Crippen LogP contribution < -0.4 is 10.1 Å². The summed E-state index contributed by atoms with van der Waals surface area (Å²) in [7, 11) is 1.62. The van der Waals surface area contributed by atoms with Gasteiger partial charge in [-0.15, -0.1) is 0 Å². The minimum Gasteiger partial charge on any atom is -0.497 e. The van der Waals surface area contributed by atoms with Crippen molar-refractivity contribution in [2.45, 2.75) is 24.8 Å². The van der Waals surface area contributed by atoms with Gasteiger partial charge in [0.25, 0.3) is 0 Å². The Morgan fingerprint density at radius 2 is 2.24 bits per heavy atom. The second-order valence-electron chi connectivity index (χ2n) is 5.78. The van der Waals surface area contributed by atoms with E-state index >= 15 is 0 Å². The van der Waals surface area contributed by atoms with Crippen LogP contribution in [-0.4, -0.2) is 49.3 Å². The zero-order valence-electron chi connectivity index (χ0n) is 12.4. The zero-order chi connectivity index (χ0) is 14.9. The molecule has 114 valence electrons. The molecule has 0 amide bonds. The van der Waals surface area contributed by atoms with E-state index in [1.807, 2.05) is 18.2 Å². The van der Waals surface area contributed by atoms with Crippen molar-refractivity contribution in [3.05, 3.63) is 29.3 Å². The number of benzene rings is 1. The fourth-order valence-corrected chi connectivity index (χ4v) is 3.65. The summed E-state index contributed by atoms with van der Waals surface area (Å²) in [6.45, 7) is 3.38. The first kappa shape index (κ1) is 14.4. The topological polar surface area (TPSA) is 61.8 Å². The Morgan fingerprint density at radius 1 is 1.38 bits per heavy atom. The summed E-state index contributed by atoms with van der Waals surface area (Å²) < 4.78 is 5.30. The highest BCUT2D eigenvalue weighted by Gasteiger charge is 2.50. The van der Waals surface area contributed by atoms with Crippen molar-refractivity contribution in [3.63, 3.8) is 0 Å². The average molecular weight is 290 g/mol. The Bertz CT molecular complexity index is 538. The zero-order valence-corrected chi connectivity index (χ0v) is 12.4. The predicted molar refractivity (Wildman–Crippen MR) is 79.7 cm³/mol. The number of aliphatic carboxylic acids is 1. The van der Waals surface area contributed by atoms with Crippen LogP contribution in [0, 0.1) is 0 Å². The lowest BCUT2D eigenvalue weighted by Gasteiger charge is -2.38. The van der Waals surface area contributed by atoms with Gasteiger partial charge in [0.2, 0.25) is 0 Å². The van der Waals surface area contributed by atoms with Crippen LogP contribution in [0.15, 0.2) is 18.2 Å². The van der Waals surface area contributed by atoms with E-state index in [0.717, 1.165) is 55.9 Å². The maximum absolute atomic E-state index is 12.2. The number of nitrogens with zero attached hydrogens (tertiary/aromatic N) is 1. The molecule has 1 aromatic rings. The van der Waals surface area contributed by atoms with Gasteiger partial charge in [0.15, 0.2) is 0 Å². The van der Waals surface area contributed by atoms with Crippen molar-refractivity contribution in [1.29, 1.82) is 0 Å². The standard InChI is InChI=1S/C16H22N2O3/c1-21-13-4-3-12-5-6-16(15(19)20,14(12)11-13)18-9-2-7-17-8-10-18/h3-4,11,17H,2,5-10H2,1H3,(H,19,20). The molecule has 1 aliphatic heterocycles. The fourth-order valence-electron chi connectivity index (χ4n) is 3.65. The van der Waals surface area contributed by atoms with Gasteiger partial charge in [-0.3, -0.25) is 4.90 Å². The molecule has 2 N–H and O–H groups in total. The summed E-state index contributed by atoms with van der Waals surface area (Å²) in [5.74, 6) is -0.00868. The molecule has 1 aliphatic carbocycles. The molecule has 1 heterocycles. The van der Waals surface area contributed by atoms with Crippen LogP contribution >= 0.6 is 0 Å². The number of fused-ring (bicyclic) bond motifs is 1. The lowest BCUT2D eigenvalue weighted by Crippen LogP contribution is -2.51. The van der Waals surface area contributed by atoms with Crippen molar-refractivity contribution in [2.24, 2.45) is 0 Å². The van der Waals surface area contributed by atoms with Crippen molar-refractivity contribution in [2.75, 3.05) is 33.3 Å². The molecule has 3 rings (SSSR count). The van der Waals surface area contributed by atoms with E-state index in [9.17, 15) is 9.90 Å². The summed E-state index contributed by atoms with van der Waals surface area (Å²) in [6.07, 6.45) is 2.44. The van der Waals surface area contributed by atoms with Gasteiger partial charge in [-0.25, -0.2) is 4.79 Å². The number of carboxylic acid groups (broad SMARTS) is 1. The van der Waals surface area contributed by atoms with Gasteiger partial charge < -0.3 is 15.2 Å². The summed E-state index contributed by atoms with van der Waals surface area (Å²) in [5.41, 5.74) is 1.15. The number of nitrogens with one attached hydrogen (secondary N) is 1. The predicted octanol–water partition coefficient (Wildman–Crippen LogP) is 1.22. The largest absolute Gasteiger partial charge is 0.497 e. The third-order valence-electron chi connectivity index (χ3n) is 4.75. The number of carboxylic acids is 1. The molecule has 0 bridgehead atoms. The Kier molecular flexibility index (Phi) is 3.87. The normalized spacial score (nSPS) is 26.1. The summed E-state index contributed by atoms with van der Waals surface area (Å²) in [6, 6.07) is 5.84. The molecule has 5 heteroatoms. The Hall–Kier alpha value is -1.59. The molecule has 1 saturated heterocycles. The van der Waals surface area contributed by atoms with Crippen LogP contribution in [0.3, 0.4) is 0 Å². The van der Waals surface area contributed by atoms with E-state index in [-0.39, 0.29) is 0 Å². The van der Waals surface area contributed by atoms with Crippen molar-refractivity contribution < 1.29 is 14.6 Å². The van der Waals surface area contributed by atoms with Gasteiger partial charge in [-0.05, 0) is 49.1 Å². The quantitative estimate of drug-likeness (QED) is 0.876. The fraction of sp³-hybridized carbons (Fsp3) is 0.562. The summed E-state index contributed by atoms with van der Waals surface area (Å²) >= 11 is 0. The van der Waals surface area contributed by atoms with Gasteiger partial charge in [0, 0.05) is 19.6 Å². The van der Waals surface area contributed by atoms with Crippen LogP contribution in [0.4, 0.5) is 0 Å². The molecule has 0 saturated carbocycles. The highest BCUT2D eigenvalue weighted by molar-refractivity contribution is 5.83. The number of ether oxygens (including phenoxy) is 1. The molecule has 5 nitrogen and oxygen atoms in total. The smallest absolute Gasteiger partial charge is 0.328 e. The molecular formula is C16H22N2O3. The summed E-state index contributed by atoms with van der Waals surface area (Å²) in [4.78, 5) is 14.3. The SMILES string of the molecule is COc1ccc2c(c1)C(C(=O)O)(N1CCCNCC1)CC2. The number of hydrogen-bond acceptors (Lipinski definition) is 4. The van der Waals surface area contributed by atoms with E-state index in [1.165, 1.54) is 0 Å². The lowest BCUT2D eigenvalue weighted by atomic mass is 9.89. The molecule has 2 aliphatic rings. The Morgan fingerprint density at radius 3 is 3.00 bits per heavy atom. The molecule has 1 unspecified atom stereocenters. The van der Waals surface area contributed by atoms with Crippen LogP contribution in [0.1, 0.15) is 24.0 Å².